The van der Waals surface area contributed by atoms with Crippen LogP contribution < -0.4 is 4.74 Å². The number of nitrogens with one attached hydrogen (secondary N) is 1. The first-order chi connectivity index (χ1) is 9.31. The lowest BCUT2D eigenvalue weighted by atomic mass is 10.2. The first-order valence-electron chi connectivity index (χ1n) is 6.38. The Bertz CT molecular complexity index is 700. The molecule has 0 saturated heterocycles. The summed E-state index contributed by atoms with van der Waals surface area (Å²) in [5.74, 6) is 2.29. The average molecular weight is 257 g/mol. The maximum atomic E-state index is 5.42. The van der Waals surface area contributed by atoms with Gasteiger partial charge in [0.05, 0.1) is 24.0 Å². The molecule has 5 heteroatoms. The lowest BCUT2D eigenvalue weighted by molar-refractivity contribution is 0.328. The van der Waals surface area contributed by atoms with Gasteiger partial charge in [-0.1, -0.05) is 6.92 Å². The maximum Gasteiger partial charge on any atom is 0.215 e. The van der Waals surface area contributed by atoms with Crippen LogP contribution in [-0.4, -0.2) is 21.6 Å². The monoisotopic (exact) mass is 257 g/mol. The Hall–Kier alpha value is -2.30. The Morgan fingerprint density at radius 1 is 1.21 bits per heavy atom. The lowest BCUT2D eigenvalue weighted by Crippen LogP contribution is -1.93. The van der Waals surface area contributed by atoms with Crippen molar-refractivity contribution in [3.63, 3.8) is 0 Å². The van der Waals surface area contributed by atoms with Crippen LogP contribution in [-0.2, 0) is 6.42 Å². The number of hydrogen-bond acceptors (Lipinski definition) is 4. The zero-order chi connectivity index (χ0) is 13.2. The highest BCUT2D eigenvalue weighted by Crippen LogP contribution is 2.25. The fraction of sp³-hybridized carbons (Fsp3) is 0.286. The van der Waals surface area contributed by atoms with Crippen LogP contribution >= 0.6 is 0 Å². The third-order valence-electron chi connectivity index (χ3n) is 2.93. The third kappa shape index (κ3) is 2.07. The number of fused-ring (bicyclic) bond motifs is 1. The molecule has 0 aliphatic carbocycles. The fourth-order valence-electron chi connectivity index (χ4n) is 2.06. The summed E-state index contributed by atoms with van der Waals surface area (Å²) >= 11 is 0. The highest BCUT2D eigenvalue weighted by Gasteiger charge is 2.12. The van der Waals surface area contributed by atoms with Crippen LogP contribution in [0.15, 0.2) is 28.9 Å². The third-order valence-corrected chi connectivity index (χ3v) is 2.93. The Kier molecular flexibility index (Phi) is 2.95. The molecule has 0 spiro atoms. The van der Waals surface area contributed by atoms with E-state index in [1.165, 1.54) is 0 Å². The average Bonchev–Trinajstić information content (AvgIpc) is 3.04. The smallest absolute Gasteiger partial charge is 0.215 e. The number of H-pyrrole nitrogens is 1. The fourth-order valence-corrected chi connectivity index (χ4v) is 2.06. The molecule has 0 aliphatic heterocycles. The highest BCUT2D eigenvalue weighted by atomic mass is 16.5. The summed E-state index contributed by atoms with van der Waals surface area (Å²) < 4.78 is 10.8. The first kappa shape index (κ1) is 11.8. The number of rotatable bonds is 4. The minimum absolute atomic E-state index is 0.593. The summed E-state index contributed by atoms with van der Waals surface area (Å²) in [7, 11) is 0. The molecule has 3 aromatic rings. The standard InChI is InChI=1S/C14H15N3O2/c1-3-11-9(7-8-19-11)13-15-10-5-6-12(18-4-2)16-14(10)17-13/h5-8H,3-4H2,1-2H3,(H,15,16,17). The molecule has 0 atom stereocenters. The molecule has 0 saturated carbocycles. The zero-order valence-corrected chi connectivity index (χ0v) is 10.9. The minimum atomic E-state index is 0.593. The summed E-state index contributed by atoms with van der Waals surface area (Å²) in [6, 6.07) is 5.68. The molecule has 0 radical (unpaired) electrons. The Morgan fingerprint density at radius 3 is 2.89 bits per heavy atom. The molecule has 98 valence electrons. The van der Waals surface area contributed by atoms with Crippen LogP contribution in [0.2, 0.25) is 0 Å². The van der Waals surface area contributed by atoms with Gasteiger partial charge in [0, 0.05) is 12.5 Å². The number of aromatic amines is 1. The highest BCUT2D eigenvalue weighted by molar-refractivity contribution is 5.76. The number of imidazole rings is 1. The van der Waals surface area contributed by atoms with E-state index < -0.39 is 0 Å². The molecular weight excluding hydrogens is 242 g/mol. The van der Waals surface area contributed by atoms with Gasteiger partial charge in [0.1, 0.15) is 11.6 Å². The van der Waals surface area contributed by atoms with E-state index in [2.05, 4.69) is 21.9 Å². The zero-order valence-electron chi connectivity index (χ0n) is 10.9. The van der Waals surface area contributed by atoms with Crippen LogP contribution in [0, 0.1) is 0 Å². The maximum absolute atomic E-state index is 5.42. The summed E-state index contributed by atoms with van der Waals surface area (Å²) in [6.45, 7) is 4.58. The van der Waals surface area contributed by atoms with Crippen molar-refractivity contribution in [2.45, 2.75) is 20.3 Å². The first-order valence-corrected chi connectivity index (χ1v) is 6.38. The molecule has 0 amide bonds. The van der Waals surface area contributed by atoms with Crippen molar-refractivity contribution in [1.29, 1.82) is 0 Å². The molecule has 3 aromatic heterocycles. The molecule has 19 heavy (non-hydrogen) atoms. The quantitative estimate of drug-likeness (QED) is 0.779. The van der Waals surface area contributed by atoms with E-state index in [0.29, 0.717) is 18.1 Å². The van der Waals surface area contributed by atoms with E-state index >= 15 is 0 Å². The molecule has 0 aromatic carbocycles. The molecule has 3 heterocycles. The summed E-state index contributed by atoms with van der Waals surface area (Å²) in [5, 5.41) is 0. The van der Waals surface area contributed by atoms with Crippen LogP contribution in [0.1, 0.15) is 19.6 Å². The second-order valence-corrected chi connectivity index (χ2v) is 4.15. The second-order valence-electron chi connectivity index (χ2n) is 4.15. The van der Waals surface area contributed by atoms with Crippen molar-refractivity contribution in [2.24, 2.45) is 0 Å². The summed E-state index contributed by atoms with van der Waals surface area (Å²) in [6.07, 6.45) is 2.51. The largest absolute Gasteiger partial charge is 0.478 e. The van der Waals surface area contributed by atoms with Gasteiger partial charge in [-0.05, 0) is 19.1 Å². The molecule has 0 fully saturated rings. The minimum Gasteiger partial charge on any atom is -0.478 e. The van der Waals surface area contributed by atoms with Gasteiger partial charge in [-0.15, -0.1) is 0 Å². The van der Waals surface area contributed by atoms with E-state index in [1.54, 1.807) is 6.26 Å². The molecule has 0 bridgehead atoms. The normalized spacial score (nSPS) is 11.1. The molecule has 0 aliphatic rings. The molecule has 0 unspecified atom stereocenters. The van der Waals surface area contributed by atoms with Crippen molar-refractivity contribution >= 4 is 11.2 Å². The number of pyridine rings is 1. The SMILES string of the molecule is CCOc1ccc2[nH]c(-c3ccoc3CC)nc2n1. The van der Waals surface area contributed by atoms with Crippen LogP contribution in [0.4, 0.5) is 0 Å². The topological polar surface area (TPSA) is 63.9 Å². The predicted octanol–water partition coefficient (Wildman–Crippen LogP) is 3.18. The number of furan rings is 1. The van der Waals surface area contributed by atoms with E-state index in [1.807, 2.05) is 25.1 Å². The van der Waals surface area contributed by atoms with Gasteiger partial charge < -0.3 is 14.1 Å². The number of aromatic nitrogens is 3. The lowest BCUT2D eigenvalue weighted by Gasteiger charge is -1.99. The summed E-state index contributed by atoms with van der Waals surface area (Å²) in [5.41, 5.74) is 2.53. The van der Waals surface area contributed by atoms with Gasteiger partial charge in [-0.2, -0.15) is 4.98 Å². The van der Waals surface area contributed by atoms with Crippen LogP contribution in [0.5, 0.6) is 5.88 Å². The van der Waals surface area contributed by atoms with Crippen LogP contribution in [0.25, 0.3) is 22.6 Å². The van der Waals surface area contributed by atoms with E-state index in [-0.39, 0.29) is 0 Å². The van der Waals surface area contributed by atoms with Crippen molar-refractivity contribution < 1.29 is 9.15 Å². The van der Waals surface area contributed by atoms with Gasteiger partial charge in [-0.3, -0.25) is 0 Å². The van der Waals surface area contributed by atoms with Crippen molar-refractivity contribution in [3.05, 3.63) is 30.2 Å². The number of nitrogens with zero attached hydrogens (tertiary/aromatic N) is 2. The second kappa shape index (κ2) is 4.76. The number of aryl methyl sites for hydroxylation is 1. The Morgan fingerprint density at radius 2 is 2.11 bits per heavy atom. The molecule has 1 N–H and O–H groups in total. The van der Waals surface area contributed by atoms with Crippen molar-refractivity contribution in [2.75, 3.05) is 6.61 Å². The van der Waals surface area contributed by atoms with E-state index in [4.69, 9.17) is 9.15 Å². The number of hydrogen-bond donors (Lipinski definition) is 1. The number of ether oxygens (including phenoxy) is 1. The van der Waals surface area contributed by atoms with Crippen molar-refractivity contribution in [3.8, 4) is 17.3 Å². The van der Waals surface area contributed by atoms with E-state index in [9.17, 15) is 0 Å². The Balaban J connectivity index is 2.06. The van der Waals surface area contributed by atoms with Gasteiger partial charge in [0.2, 0.25) is 5.88 Å². The van der Waals surface area contributed by atoms with Crippen molar-refractivity contribution in [1.82, 2.24) is 15.0 Å². The molecule has 3 rings (SSSR count). The Labute approximate surface area is 110 Å². The van der Waals surface area contributed by atoms with Crippen LogP contribution in [0.3, 0.4) is 0 Å². The molecular formula is C14H15N3O2. The van der Waals surface area contributed by atoms with Gasteiger partial charge in [0.25, 0.3) is 0 Å². The van der Waals surface area contributed by atoms with Gasteiger partial charge in [0.15, 0.2) is 5.65 Å². The van der Waals surface area contributed by atoms with Gasteiger partial charge in [-0.25, -0.2) is 4.98 Å². The van der Waals surface area contributed by atoms with E-state index in [0.717, 1.165) is 29.1 Å². The molecule has 5 nitrogen and oxygen atoms in total. The van der Waals surface area contributed by atoms with Gasteiger partial charge >= 0.3 is 0 Å². The summed E-state index contributed by atoms with van der Waals surface area (Å²) in [4.78, 5) is 12.1. The predicted molar refractivity (Wildman–Crippen MR) is 72.1 cm³/mol.